The Hall–Kier alpha value is -5.67. The first-order chi connectivity index (χ1) is 25.2. The minimum atomic E-state index is -5.08. The molecule has 3 aromatic rings. The molecule has 0 aliphatic rings. The fraction of sp³-hybridized carbons (Fsp3) is 0.394. The van der Waals surface area contributed by atoms with Gasteiger partial charge >= 0.3 is 24.3 Å². The predicted molar refractivity (Wildman–Crippen MR) is 190 cm³/mol. The molecule has 15 nitrogen and oxygen atoms in total. The van der Waals surface area contributed by atoms with Gasteiger partial charge in [-0.2, -0.15) is 26.3 Å². The number of halogens is 6. The standard InChI is InChI=1S/C29H39N7O4S.2C2HF3O2/c1-5-19(6-2)17-41(39,40)24-12-22(11-23(30)13-24)25-15-34-28(35-18(3)4)29(38)36(25)16-26(37)33-14-20-7-9-21(10-8-20)27(31)32;2*3-2(4,5)1(6)7/h7-13,15,18-19H,5-6,14,16-17,30H2,1-4H3,(H3,31,32)(H,33,37)(H,34,35);2*(H,6,7). The third kappa shape index (κ3) is 15.7. The maximum Gasteiger partial charge on any atom is 0.490 e. The summed E-state index contributed by atoms with van der Waals surface area (Å²) in [5.41, 5.74) is 13.3. The molecule has 9 N–H and O–H groups in total. The highest BCUT2D eigenvalue weighted by Gasteiger charge is 2.39. The van der Waals surface area contributed by atoms with E-state index in [9.17, 15) is 44.3 Å². The Labute approximate surface area is 311 Å². The second kappa shape index (κ2) is 20.1. The van der Waals surface area contributed by atoms with Gasteiger partial charge in [-0.3, -0.25) is 19.6 Å². The number of aromatic nitrogens is 2. The van der Waals surface area contributed by atoms with Gasteiger partial charge in [-0.05, 0) is 43.5 Å². The fourth-order valence-electron chi connectivity index (χ4n) is 4.33. The summed E-state index contributed by atoms with van der Waals surface area (Å²) in [6.07, 6.45) is -7.27. The van der Waals surface area contributed by atoms with Crippen LogP contribution in [0.25, 0.3) is 11.3 Å². The van der Waals surface area contributed by atoms with Crippen molar-refractivity contribution in [2.75, 3.05) is 16.8 Å². The lowest BCUT2D eigenvalue weighted by Gasteiger charge is -2.18. The number of benzene rings is 2. The summed E-state index contributed by atoms with van der Waals surface area (Å²) in [4.78, 5) is 48.6. The molecule has 304 valence electrons. The van der Waals surface area contributed by atoms with Crippen LogP contribution in [0.5, 0.6) is 0 Å². The monoisotopic (exact) mass is 809 g/mol. The normalized spacial score (nSPS) is 11.5. The summed E-state index contributed by atoms with van der Waals surface area (Å²) in [6, 6.07) is 11.2. The van der Waals surface area contributed by atoms with E-state index in [4.69, 9.17) is 36.7 Å². The molecule has 22 heteroatoms. The molecular formula is C33H41F6N7O8S. The van der Waals surface area contributed by atoms with Crippen LogP contribution in [0.4, 0.5) is 37.8 Å². The number of nitrogens with two attached hydrogens (primary N) is 2. The molecule has 1 aromatic heterocycles. The zero-order valence-corrected chi connectivity index (χ0v) is 30.7. The Bertz CT molecular complexity index is 1960. The molecule has 3 rings (SSSR count). The van der Waals surface area contributed by atoms with Gasteiger partial charge in [0, 0.05) is 29.4 Å². The molecule has 0 atom stereocenters. The minimum absolute atomic E-state index is 0.00785. The molecule has 0 unspecified atom stereocenters. The number of rotatable bonds is 13. The van der Waals surface area contributed by atoms with Crippen LogP contribution >= 0.6 is 0 Å². The Morgan fingerprint density at radius 3 is 1.89 bits per heavy atom. The smallest absolute Gasteiger partial charge is 0.475 e. The number of sulfone groups is 1. The summed E-state index contributed by atoms with van der Waals surface area (Å²) in [5, 5.41) is 27.5. The van der Waals surface area contributed by atoms with Gasteiger partial charge < -0.3 is 32.3 Å². The highest BCUT2D eigenvalue weighted by Crippen LogP contribution is 2.28. The SMILES string of the molecule is CCC(CC)CS(=O)(=O)c1cc(N)cc(-c2cnc(NC(C)C)c(=O)n2CC(=O)NCc2ccc(C(=N)N)cc2)c1.O=C(O)C(F)(F)F.O=C(O)C(F)(F)F. The van der Waals surface area contributed by atoms with E-state index < -0.39 is 45.6 Å². The number of carboxylic acid groups (broad SMARTS) is 2. The number of carbonyl (C=O) groups excluding carboxylic acids is 1. The topological polar surface area (TPSA) is 261 Å². The summed E-state index contributed by atoms with van der Waals surface area (Å²) in [5.74, 6) is -5.93. The van der Waals surface area contributed by atoms with Crippen LogP contribution in [0.1, 0.15) is 51.7 Å². The van der Waals surface area contributed by atoms with Crippen LogP contribution in [0, 0.1) is 11.3 Å². The van der Waals surface area contributed by atoms with Crippen LogP contribution in [0.2, 0.25) is 0 Å². The van der Waals surface area contributed by atoms with E-state index in [0.29, 0.717) is 11.1 Å². The van der Waals surface area contributed by atoms with Crippen molar-refractivity contribution in [3.05, 3.63) is 70.1 Å². The van der Waals surface area contributed by atoms with E-state index in [2.05, 4.69) is 15.6 Å². The van der Waals surface area contributed by atoms with Crippen molar-refractivity contribution in [3.63, 3.8) is 0 Å². The highest BCUT2D eigenvalue weighted by molar-refractivity contribution is 7.91. The molecule has 1 amide bonds. The average Bonchev–Trinajstić information content (AvgIpc) is 3.07. The van der Waals surface area contributed by atoms with Gasteiger partial charge in [-0.25, -0.2) is 23.0 Å². The molecule has 0 radical (unpaired) electrons. The number of carboxylic acids is 2. The summed E-state index contributed by atoms with van der Waals surface area (Å²) < 4.78 is 91.2. The Morgan fingerprint density at radius 2 is 1.45 bits per heavy atom. The van der Waals surface area contributed by atoms with Gasteiger partial charge in [0.15, 0.2) is 15.7 Å². The van der Waals surface area contributed by atoms with E-state index in [0.717, 1.165) is 18.4 Å². The number of anilines is 2. The predicted octanol–water partition coefficient (Wildman–Crippen LogP) is 4.39. The second-order valence-corrected chi connectivity index (χ2v) is 14.0. The maximum atomic E-state index is 13.5. The first-order valence-corrected chi connectivity index (χ1v) is 17.7. The van der Waals surface area contributed by atoms with Crippen molar-refractivity contribution in [1.29, 1.82) is 5.41 Å². The van der Waals surface area contributed by atoms with Crippen LogP contribution in [0.15, 0.2) is 58.4 Å². The number of alkyl halides is 6. The minimum Gasteiger partial charge on any atom is -0.475 e. The fourth-order valence-corrected chi connectivity index (χ4v) is 6.24. The molecular weight excluding hydrogens is 768 g/mol. The molecule has 1 heterocycles. The zero-order chi connectivity index (χ0) is 42.5. The quantitative estimate of drug-likeness (QED) is 0.0549. The molecule has 0 saturated carbocycles. The Kier molecular flexibility index (Phi) is 17.3. The number of nitrogens with zero attached hydrogens (tertiary/aromatic N) is 2. The van der Waals surface area contributed by atoms with Crippen molar-refractivity contribution in [1.82, 2.24) is 14.9 Å². The number of amides is 1. The number of carbonyl (C=O) groups is 3. The maximum absolute atomic E-state index is 13.5. The molecule has 0 aliphatic heterocycles. The van der Waals surface area contributed by atoms with Crippen LogP contribution in [0.3, 0.4) is 0 Å². The van der Waals surface area contributed by atoms with E-state index in [1.54, 1.807) is 30.3 Å². The molecule has 0 spiro atoms. The van der Waals surface area contributed by atoms with Gasteiger partial charge in [-0.15, -0.1) is 0 Å². The average molecular weight is 810 g/mol. The lowest BCUT2D eigenvalue weighted by molar-refractivity contribution is -0.193. The summed E-state index contributed by atoms with van der Waals surface area (Å²) >= 11 is 0. The van der Waals surface area contributed by atoms with Gasteiger partial charge in [0.25, 0.3) is 5.56 Å². The van der Waals surface area contributed by atoms with Gasteiger partial charge in [0.2, 0.25) is 5.91 Å². The number of nitrogens with one attached hydrogen (secondary N) is 3. The van der Waals surface area contributed by atoms with Crippen molar-refractivity contribution in [2.45, 2.75) is 76.9 Å². The first kappa shape index (κ1) is 47.4. The number of aliphatic carboxylic acids is 2. The molecule has 0 bridgehead atoms. The van der Waals surface area contributed by atoms with Gasteiger partial charge in [-0.1, -0.05) is 51.0 Å². The van der Waals surface area contributed by atoms with Gasteiger partial charge in [0.05, 0.1) is 22.5 Å². The molecule has 0 saturated heterocycles. The third-order valence-electron chi connectivity index (χ3n) is 7.21. The number of nitrogen functional groups attached to an aromatic ring is 2. The van der Waals surface area contributed by atoms with Crippen molar-refractivity contribution < 1.29 is 59.4 Å². The summed E-state index contributed by atoms with van der Waals surface area (Å²) in [7, 11) is -3.66. The van der Waals surface area contributed by atoms with Crippen LogP contribution in [-0.2, 0) is 37.3 Å². The van der Waals surface area contributed by atoms with Gasteiger partial charge in [0.1, 0.15) is 12.4 Å². The van der Waals surface area contributed by atoms with Crippen molar-refractivity contribution >= 4 is 45.0 Å². The van der Waals surface area contributed by atoms with E-state index in [1.807, 2.05) is 27.7 Å². The summed E-state index contributed by atoms with van der Waals surface area (Å²) in [6.45, 7) is 7.49. The lowest BCUT2D eigenvalue weighted by atomic mass is 10.1. The zero-order valence-electron chi connectivity index (χ0n) is 29.9. The molecule has 55 heavy (non-hydrogen) atoms. The van der Waals surface area contributed by atoms with E-state index in [1.165, 1.54) is 22.9 Å². The van der Waals surface area contributed by atoms with E-state index >= 15 is 0 Å². The van der Waals surface area contributed by atoms with E-state index in [-0.39, 0.29) is 58.7 Å². The Balaban J connectivity index is 0.000000913. The van der Waals surface area contributed by atoms with Crippen LogP contribution < -0.4 is 27.7 Å². The van der Waals surface area contributed by atoms with Crippen molar-refractivity contribution in [3.8, 4) is 11.3 Å². The Morgan fingerprint density at radius 1 is 0.945 bits per heavy atom. The first-order valence-electron chi connectivity index (χ1n) is 16.0. The lowest BCUT2D eigenvalue weighted by Crippen LogP contribution is -2.35. The van der Waals surface area contributed by atoms with Crippen LogP contribution in [-0.4, -0.2) is 76.0 Å². The number of amidine groups is 1. The second-order valence-electron chi connectivity index (χ2n) is 11.9. The molecule has 0 aliphatic carbocycles. The number of hydrogen-bond acceptors (Lipinski definition) is 10. The molecule has 2 aromatic carbocycles. The van der Waals surface area contributed by atoms with Crippen molar-refractivity contribution in [2.24, 2.45) is 11.7 Å². The third-order valence-corrected chi connectivity index (χ3v) is 9.08. The molecule has 0 fully saturated rings. The largest absolute Gasteiger partial charge is 0.490 e. The number of hydrogen-bond donors (Lipinski definition) is 7. The highest BCUT2D eigenvalue weighted by atomic mass is 32.2.